The maximum Gasteiger partial charge on any atom is 0.119 e. The fraction of sp³-hybridized carbons (Fsp3) is 0.333. The van der Waals surface area contributed by atoms with Gasteiger partial charge in [0.1, 0.15) is 17.6 Å². The average molecular weight is 400 g/mol. The molecule has 0 amide bonds. The summed E-state index contributed by atoms with van der Waals surface area (Å²) in [6, 6.07) is 14.5. The lowest BCUT2D eigenvalue weighted by Gasteiger charge is -2.30. The number of fused-ring (bicyclic) bond motifs is 1. The van der Waals surface area contributed by atoms with Crippen LogP contribution >= 0.6 is 0 Å². The molecule has 3 heteroatoms. The Morgan fingerprint density at radius 3 is 2.53 bits per heavy atom. The van der Waals surface area contributed by atoms with E-state index in [1.807, 2.05) is 12.1 Å². The molecule has 30 heavy (non-hydrogen) atoms. The first-order valence-electron chi connectivity index (χ1n) is 11.1. The Balaban J connectivity index is 1.47. The third-order valence-electron chi connectivity index (χ3n) is 6.42. The smallest absolute Gasteiger partial charge is 0.119 e. The fourth-order valence-electron chi connectivity index (χ4n) is 4.87. The van der Waals surface area contributed by atoms with Gasteiger partial charge in [-0.1, -0.05) is 42.5 Å². The molecule has 1 unspecified atom stereocenters. The molecule has 2 aromatic rings. The number of nitrogens with one attached hydrogen (secondary N) is 1. The number of phenolic OH excluding ortho intramolecular Hbond substituents is 1. The maximum atomic E-state index is 9.99. The van der Waals surface area contributed by atoms with Crippen molar-refractivity contribution in [2.45, 2.75) is 44.1 Å². The van der Waals surface area contributed by atoms with Gasteiger partial charge in [-0.25, -0.2) is 0 Å². The number of hydrogen-bond donors (Lipinski definition) is 2. The van der Waals surface area contributed by atoms with Gasteiger partial charge in [0.15, 0.2) is 0 Å². The van der Waals surface area contributed by atoms with Crippen molar-refractivity contribution in [1.82, 2.24) is 5.32 Å². The SMILES string of the molecule is Oc1ccc2c(c1)CC=C(C1=CCCC=C1)C2c1ccc(OC2CCNCC2)cc1. The summed E-state index contributed by atoms with van der Waals surface area (Å²) in [5.74, 6) is 1.47. The Bertz CT molecular complexity index is 994. The van der Waals surface area contributed by atoms with Crippen molar-refractivity contribution < 1.29 is 9.84 Å². The fourth-order valence-corrected chi connectivity index (χ4v) is 4.87. The standard InChI is InChI=1S/C27H29NO2/c29-22-9-13-26-21(18-22)8-12-25(19-4-2-1-3-5-19)27(26)20-6-10-23(11-7-20)30-24-14-16-28-17-15-24/h2,4-7,9-13,18,24,27-29H,1,3,8,14-17H2. The van der Waals surface area contributed by atoms with Crippen molar-refractivity contribution in [2.75, 3.05) is 13.1 Å². The van der Waals surface area contributed by atoms with Crippen LogP contribution in [0.2, 0.25) is 0 Å². The molecule has 2 aromatic carbocycles. The topological polar surface area (TPSA) is 41.5 Å². The van der Waals surface area contributed by atoms with Crippen LogP contribution in [0.1, 0.15) is 48.3 Å². The first kappa shape index (κ1) is 19.2. The minimum Gasteiger partial charge on any atom is -0.508 e. The first-order chi connectivity index (χ1) is 14.8. The summed E-state index contributed by atoms with van der Waals surface area (Å²) in [5.41, 5.74) is 6.47. The molecule has 0 saturated carbocycles. The highest BCUT2D eigenvalue weighted by atomic mass is 16.5. The van der Waals surface area contributed by atoms with Gasteiger partial charge in [-0.05, 0) is 97.3 Å². The third-order valence-corrected chi connectivity index (χ3v) is 6.42. The van der Waals surface area contributed by atoms with E-state index < -0.39 is 0 Å². The average Bonchev–Trinajstić information content (AvgIpc) is 2.80. The summed E-state index contributed by atoms with van der Waals surface area (Å²) in [7, 11) is 0. The second kappa shape index (κ2) is 8.53. The molecular weight excluding hydrogens is 370 g/mol. The quantitative estimate of drug-likeness (QED) is 0.722. The van der Waals surface area contributed by atoms with E-state index >= 15 is 0 Å². The van der Waals surface area contributed by atoms with E-state index in [1.165, 1.54) is 27.8 Å². The van der Waals surface area contributed by atoms with Gasteiger partial charge in [-0.3, -0.25) is 0 Å². The summed E-state index contributed by atoms with van der Waals surface area (Å²) in [5, 5.41) is 13.4. The Kier molecular flexibility index (Phi) is 5.46. The van der Waals surface area contributed by atoms with Crippen LogP contribution in [-0.4, -0.2) is 24.3 Å². The van der Waals surface area contributed by atoms with E-state index in [4.69, 9.17) is 4.74 Å². The number of piperidine rings is 1. The highest BCUT2D eigenvalue weighted by Crippen LogP contribution is 2.43. The van der Waals surface area contributed by atoms with Crippen molar-refractivity contribution in [3.8, 4) is 11.5 Å². The van der Waals surface area contributed by atoms with E-state index in [2.05, 4.69) is 60.0 Å². The molecule has 3 aliphatic rings. The molecule has 154 valence electrons. The van der Waals surface area contributed by atoms with Gasteiger partial charge in [0, 0.05) is 5.92 Å². The zero-order valence-corrected chi connectivity index (χ0v) is 17.3. The van der Waals surface area contributed by atoms with Crippen molar-refractivity contribution in [3.05, 3.63) is 94.6 Å². The number of phenols is 1. The number of benzene rings is 2. The zero-order valence-electron chi connectivity index (χ0n) is 17.3. The molecule has 0 spiro atoms. The molecule has 2 N–H and O–H groups in total. The van der Waals surface area contributed by atoms with Crippen molar-refractivity contribution in [1.29, 1.82) is 0 Å². The number of allylic oxidation sites excluding steroid dienone is 6. The van der Waals surface area contributed by atoms with Crippen LogP contribution in [0, 0.1) is 0 Å². The van der Waals surface area contributed by atoms with Gasteiger partial charge >= 0.3 is 0 Å². The van der Waals surface area contributed by atoms with Gasteiger partial charge in [0.2, 0.25) is 0 Å². The molecule has 3 nitrogen and oxygen atoms in total. The lowest BCUT2D eigenvalue weighted by molar-refractivity contribution is 0.162. The summed E-state index contributed by atoms with van der Waals surface area (Å²) in [6.45, 7) is 2.07. The van der Waals surface area contributed by atoms with Crippen LogP contribution in [0.15, 0.2) is 77.9 Å². The van der Waals surface area contributed by atoms with E-state index in [0.29, 0.717) is 11.9 Å². The predicted molar refractivity (Wildman–Crippen MR) is 121 cm³/mol. The van der Waals surface area contributed by atoms with Crippen molar-refractivity contribution in [2.24, 2.45) is 0 Å². The zero-order chi connectivity index (χ0) is 20.3. The van der Waals surface area contributed by atoms with Crippen LogP contribution < -0.4 is 10.1 Å². The predicted octanol–water partition coefficient (Wildman–Crippen LogP) is 5.41. The van der Waals surface area contributed by atoms with E-state index in [-0.39, 0.29) is 5.92 Å². The highest BCUT2D eigenvalue weighted by Gasteiger charge is 2.27. The molecule has 0 radical (unpaired) electrons. The molecule has 1 heterocycles. The second-order valence-electron chi connectivity index (χ2n) is 8.46. The lowest BCUT2D eigenvalue weighted by atomic mass is 9.74. The van der Waals surface area contributed by atoms with E-state index in [1.54, 1.807) is 0 Å². The van der Waals surface area contributed by atoms with Crippen LogP contribution in [0.3, 0.4) is 0 Å². The van der Waals surface area contributed by atoms with Crippen LogP contribution in [0.4, 0.5) is 0 Å². The Labute approximate surface area is 178 Å². The normalized spacial score (nSPS) is 21.5. The summed E-state index contributed by atoms with van der Waals surface area (Å²) >= 11 is 0. The van der Waals surface area contributed by atoms with Crippen molar-refractivity contribution in [3.63, 3.8) is 0 Å². The van der Waals surface area contributed by atoms with Gasteiger partial charge in [0.05, 0.1) is 0 Å². The molecule has 1 fully saturated rings. The lowest BCUT2D eigenvalue weighted by Crippen LogP contribution is -2.34. The summed E-state index contributed by atoms with van der Waals surface area (Å²) < 4.78 is 6.22. The Morgan fingerprint density at radius 1 is 0.933 bits per heavy atom. The summed E-state index contributed by atoms with van der Waals surface area (Å²) in [4.78, 5) is 0. The molecule has 0 aromatic heterocycles. The van der Waals surface area contributed by atoms with Crippen molar-refractivity contribution >= 4 is 0 Å². The molecule has 1 atom stereocenters. The largest absolute Gasteiger partial charge is 0.508 e. The van der Waals surface area contributed by atoms with Gasteiger partial charge in [0.25, 0.3) is 0 Å². The molecule has 1 saturated heterocycles. The number of rotatable bonds is 4. The number of aromatic hydroxyl groups is 1. The minimum atomic E-state index is 0.177. The van der Waals surface area contributed by atoms with Crippen LogP contribution in [-0.2, 0) is 6.42 Å². The highest BCUT2D eigenvalue weighted by molar-refractivity contribution is 5.58. The molecule has 0 bridgehead atoms. The first-order valence-corrected chi connectivity index (χ1v) is 11.1. The molecule has 5 rings (SSSR count). The van der Waals surface area contributed by atoms with Gasteiger partial charge in [-0.15, -0.1) is 0 Å². The minimum absolute atomic E-state index is 0.177. The number of ether oxygens (including phenoxy) is 1. The van der Waals surface area contributed by atoms with Gasteiger partial charge in [-0.2, -0.15) is 0 Å². The third kappa shape index (κ3) is 3.95. The second-order valence-corrected chi connectivity index (χ2v) is 8.46. The van der Waals surface area contributed by atoms with Crippen LogP contribution in [0.25, 0.3) is 0 Å². The molecular formula is C27H29NO2. The summed E-state index contributed by atoms with van der Waals surface area (Å²) in [6.07, 6.45) is 14.8. The Hall–Kier alpha value is -2.78. The van der Waals surface area contributed by atoms with Crippen LogP contribution in [0.5, 0.6) is 11.5 Å². The monoisotopic (exact) mass is 399 g/mol. The number of hydrogen-bond acceptors (Lipinski definition) is 3. The van der Waals surface area contributed by atoms with Gasteiger partial charge < -0.3 is 15.2 Å². The van der Waals surface area contributed by atoms with E-state index in [9.17, 15) is 5.11 Å². The molecule has 2 aliphatic carbocycles. The van der Waals surface area contributed by atoms with E-state index in [0.717, 1.165) is 50.9 Å². The Morgan fingerprint density at radius 2 is 1.77 bits per heavy atom. The molecule has 1 aliphatic heterocycles. The maximum absolute atomic E-state index is 9.99.